The minimum absolute atomic E-state index is 0.0333. The quantitative estimate of drug-likeness (QED) is 0.183. The molecule has 0 aliphatic carbocycles. The molecule has 0 nitrogen and oxygen atoms in total. The fraction of sp³-hybridized carbons (Fsp3) is 0.371. The van der Waals surface area contributed by atoms with E-state index in [1.807, 2.05) is 36.4 Å². The van der Waals surface area contributed by atoms with Crippen LogP contribution in [0.4, 0.5) is 8.78 Å². The summed E-state index contributed by atoms with van der Waals surface area (Å²) in [6, 6.07) is 18.2. The lowest BCUT2D eigenvalue weighted by atomic mass is 10.0. The predicted molar refractivity (Wildman–Crippen MR) is 152 cm³/mol. The molecule has 3 aromatic carbocycles. The highest BCUT2D eigenvalue weighted by Crippen LogP contribution is 2.15. The van der Waals surface area contributed by atoms with Crippen molar-refractivity contribution in [3.63, 3.8) is 0 Å². The molecule has 0 fully saturated rings. The number of unbranched alkanes of at least 4 members (excludes halogenated alkanes) is 7. The molecule has 2 heteroatoms. The minimum Gasteiger partial charge on any atom is -0.206 e. The number of hydrogen-bond acceptors (Lipinski definition) is 0. The fourth-order valence-electron chi connectivity index (χ4n) is 4.28. The van der Waals surface area contributed by atoms with E-state index in [0.717, 1.165) is 42.5 Å². The lowest BCUT2D eigenvalue weighted by Gasteiger charge is -2.03. The molecular formula is C35H38F2. The molecule has 0 N–H and O–H groups in total. The Labute approximate surface area is 222 Å². The van der Waals surface area contributed by atoms with Crippen molar-refractivity contribution in [2.75, 3.05) is 0 Å². The SMILES string of the molecule is CCCCCCCCCCc1ccc(C#Cc2cc(F)c(C#Cc3ccc(CCC)cc3)cc2F)cc1. The summed E-state index contributed by atoms with van der Waals surface area (Å²) in [5.41, 5.74) is 4.16. The summed E-state index contributed by atoms with van der Waals surface area (Å²) in [6.45, 7) is 4.38. The monoisotopic (exact) mass is 496 g/mol. The van der Waals surface area contributed by atoms with Gasteiger partial charge in [0.25, 0.3) is 0 Å². The molecule has 0 spiro atoms. The van der Waals surface area contributed by atoms with Crippen molar-refractivity contribution < 1.29 is 8.78 Å². The van der Waals surface area contributed by atoms with Gasteiger partial charge in [-0.25, -0.2) is 8.78 Å². The van der Waals surface area contributed by atoms with Crippen molar-refractivity contribution in [3.8, 4) is 23.7 Å². The van der Waals surface area contributed by atoms with Gasteiger partial charge in [-0.05, 0) is 66.8 Å². The highest BCUT2D eigenvalue weighted by atomic mass is 19.1. The second kappa shape index (κ2) is 15.7. The molecule has 0 saturated heterocycles. The largest absolute Gasteiger partial charge is 0.206 e. The highest BCUT2D eigenvalue weighted by Gasteiger charge is 2.07. The van der Waals surface area contributed by atoms with Gasteiger partial charge < -0.3 is 0 Å². The lowest BCUT2D eigenvalue weighted by Crippen LogP contribution is -1.92. The van der Waals surface area contributed by atoms with E-state index >= 15 is 0 Å². The fourth-order valence-corrected chi connectivity index (χ4v) is 4.28. The standard InChI is InChI=1S/C35H38F2/c1-3-5-6-7-8-9-10-11-13-29-16-20-31(21-17-29)23-25-33-27-34(36)32(26-35(33)37)24-22-30-18-14-28(12-4-2)15-19-30/h14-21,26-27H,3-13H2,1-2H3. The zero-order valence-electron chi connectivity index (χ0n) is 22.3. The first-order valence-corrected chi connectivity index (χ1v) is 13.8. The van der Waals surface area contributed by atoms with Crippen LogP contribution in [0.2, 0.25) is 0 Å². The molecule has 0 aliphatic heterocycles. The molecule has 0 saturated carbocycles. The Morgan fingerprint density at radius 2 is 0.919 bits per heavy atom. The highest BCUT2D eigenvalue weighted by molar-refractivity contribution is 5.49. The Kier molecular flexibility index (Phi) is 12.0. The molecule has 0 unspecified atom stereocenters. The Morgan fingerprint density at radius 3 is 1.38 bits per heavy atom. The summed E-state index contributed by atoms with van der Waals surface area (Å²) < 4.78 is 29.2. The van der Waals surface area contributed by atoms with E-state index in [1.54, 1.807) is 0 Å². The van der Waals surface area contributed by atoms with Gasteiger partial charge in [-0.15, -0.1) is 0 Å². The number of rotatable bonds is 11. The van der Waals surface area contributed by atoms with Gasteiger partial charge >= 0.3 is 0 Å². The van der Waals surface area contributed by atoms with Crippen LogP contribution in [0.1, 0.15) is 105 Å². The molecule has 0 heterocycles. The van der Waals surface area contributed by atoms with Gasteiger partial charge in [-0.1, -0.05) is 113 Å². The number of hydrogen-bond donors (Lipinski definition) is 0. The second-order valence-corrected chi connectivity index (χ2v) is 9.68. The maximum Gasteiger partial charge on any atom is 0.140 e. The first-order chi connectivity index (χ1) is 18.1. The van der Waals surface area contributed by atoms with Crippen LogP contribution in [0.15, 0.2) is 60.7 Å². The zero-order chi connectivity index (χ0) is 26.3. The van der Waals surface area contributed by atoms with Crippen LogP contribution in [0, 0.1) is 35.3 Å². The molecule has 0 atom stereocenters. The first kappa shape index (κ1) is 28.2. The van der Waals surface area contributed by atoms with Gasteiger partial charge in [0.2, 0.25) is 0 Å². The van der Waals surface area contributed by atoms with Crippen molar-refractivity contribution in [3.05, 3.63) is 106 Å². The van der Waals surface area contributed by atoms with E-state index in [0.29, 0.717) is 0 Å². The van der Waals surface area contributed by atoms with Gasteiger partial charge in [-0.3, -0.25) is 0 Å². The Morgan fingerprint density at radius 1 is 0.486 bits per heavy atom. The van der Waals surface area contributed by atoms with Crippen LogP contribution in [-0.4, -0.2) is 0 Å². The van der Waals surface area contributed by atoms with Crippen molar-refractivity contribution in [2.24, 2.45) is 0 Å². The molecular weight excluding hydrogens is 458 g/mol. The van der Waals surface area contributed by atoms with Crippen molar-refractivity contribution in [2.45, 2.75) is 84.5 Å². The Balaban J connectivity index is 1.54. The van der Waals surface area contributed by atoms with Crippen molar-refractivity contribution in [1.29, 1.82) is 0 Å². The van der Waals surface area contributed by atoms with Crippen LogP contribution in [-0.2, 0) is 12.8 Å². The Bertz CT molecular complexity index is 1230. The number of halogens is 2. The number of aryl methyl sites for hydroxylation is 2. The molecule has 0 amide bonds. The molecule has 192 valence electrons. The van der Waals surface area contributed by atoms with Crippen LogP contribution in [0.5, 0.6) is 0 Å². The maximum atomic E-state index is 14.6. The summed E-state index contributed by atoms with van der Waals surface area (Å²) >= 11 is 0. The summed E-state index contributed by atoms with van der Waals surface area (Å²) in [6.07, 6.45) is 13.6. The topological polar surface area (TPSA) is 0 Å². The van der Waals surface area contributed by atoms with Crippen molar-refractivity contribution >= 4 is 0 Å². The van der Waals surface area contributed by atoms with E-state index < -0.39 is 11.6 Å². The molecule has 0 aromatic heterocycles. The molecule has 0 aliphatic rings. The molecule has 0 bridgehead atoms. The molecule has 0 radical (unpaired) electrons. The summed E-state index contributed by atoms with van der Waals surface area (Å²) in [5, 5.41) is 0. The maximum absolute atomic E-state index is 14.6. The number of benzene rings is 3. The third-order valence-corrected chi connectivity index (χ3v) is 6.51. The van der Waals surface area contributed by atoms with Gasteiger partial charge in [-0.2, -0.15) is 0 Å². The van der Waals surface area contributed by atoms with Crippen LogP contribution in [0.25, 0.3) is 0 Å². The molecule has 3 aromatic rings. The summed E-state index contributed by atoms with van der Waals surface area (Å²) in [4.78, 5) is 0. The van der Waals surface area contributed by atoms with Gasteiger partial charge in [0, 0.05) is 11.1 Å². The van der Waals surface area contributed by atoms with Gasteiger partial charge in [0.15, 0.2) is 0 Å². The van der Waals surface area contributed by atoms with Gasteiger partial charge in [0.05, 0.1) is 11.1 Å². The second-order valence-electron chi connectivity index (χ2n) is 9.68. The van der Waals surface area contributed by atoms with Crippen LogP contribution >= 0.6 is 0 Å². The normalized spacial score (nSPS) is 10.4. The average Bonchev–Trinajstić information content (AvgIpc) is 2.91. The molecule has 3 rings (SSSR count). The third kappa shape index (κ3) is 9.90. The van der Waals surface area contributed by atoms with E-state index in [4.69, 9.17) is 0 Å². The van der Waals surface area contributed by atoms with Crippen molar-refractivity contribution in [1.82, 2.24) is 0 Å². The zero-order valence-corrected chi connectivity index (χ0v) is 22.3. The minimum atomic E-state index is -0.568. The van der Waals surface area contributed by atoms with E-state index in [2.05, 4.69) is 49.7 Å². The molecule has 37 heavy (non-hydrogen) atoms. The van der Waals surface area contributed by atoms with Crippen LogP contribution in [0.3, 0.4) is 0 Å². The van der Waals surface area contributed by atoms with Crippen LogP contribution < -0.4 is 0 Å². The predicted octanol–water partition coefficient (Wildman–Crippen LogP) is 9.40. The first-order valence-electron chi connectivity index (χ1n) is 13.8. The third-order valence-electron chi connectivity index (χ3n) is 6.51. The smallest absolute Gasteiger partial charge is 0.140 e. The van der Waals surface area contributed by atoms with E-state index in [-0.39, 0.29) is 11.1 Å². The lowest BCUT2D eigenvalue weighted by molar-refractivity contribution is 0.575. The van der Waals surface area contributed by atoms with Gasteiger partial charge in [0.1, 0.15) is 11.6 Å². The van der Waals surface area contributed by atoms with E-state index in [1.165, 1.54) is 62.5 Å². The summed E-state index contributed by atoms with van der Waals surface area (Å²) in [5.74, 6) is 10.3. The Hall–Kier alpha value is -3.36. The average molecular weight is 497 g/mol. The summed E-state index contributed by atoms with van der Waals surface area (Å²) in [7, 11) is 0. The van der Waals surface area contributed by atoms with E-state index in [9.17, 15) is 8.78 Å².